The molecule has 0 aromatic heterocycles. The van der Waals surface area contributed by atoms with Gasteiger partial charge in [0.1, 0.15) is 5.75 Å². The van der Waals surface area contributed by atoms with Crippen molar-refractivity contribution in [3.8, 4) is 5.75 Å². The van der Waals surface area contributed by atoms with Gasteiger partial charge in [-0.25, -0.2) is 8.42 Å². The molecule has 168 valence electrons. The van der Waals surface area contributed by atoms with Gasteiger partial charge in [-0.1, -0.05) is 24.3 Å². The van der Waals surface area contributed by atoms with E-state index in [0.717, 1.165) is 42.7 Å². The molecule has 9 heteroatoms. The van der Waals surface area contributed by atoms with Crippen LogP contribution in [0, 0.1) is 0 Å². The zero-order valence-electron chi connectivity index (χ0n) is 17.9. The zero-order chi connectivity index (χ0) is 22.3. The topological polar surface area (TPSA) is 88.2 Å². The molecule has 1 saturated heterocycles. The number of morpholine rings is 1. The minimum Gasteiger partial charge on any atom is -0.497 e. The van der Waals surface area contributed by atoms with Gasteiger partial charge in [0.15, 0.2) is 0 Å². The maximum Gasteiger partial charge on any atom is 0.243 e. The van der Waals surface area contributed by atoms with E-state index in [1.54, 1.807) is 12.1 Å². The third-order valence-electron chi connectivity index (χ3n) is 5.16. The van der Waals surface area contributed by atoms with Gasteiger partial charge in [0.2, 0.25) is 15.9 Å². The Hall–Kier alpha value is -2.46. The lowest BCUT2D eigenvalue weighted by molar-refractivity contribution is -0.121. The Kier molecular flexibility index (Phi) is 8.03. The summed E-state index contributed by atoms with van der Waals surface area (Å²) in [6, 6.07) is 14.1. The summed E-state index contributed by atoms with van der Waals surface area (Å²) in [5.41, 5.74) is 2.17. The Morgan fingerprint density at radius 2 is 1.68 bits per heavy atom. The Bertz CT molecular complexity index is 956. The van der Waals surface area contributed by atoms with Crippen LogP contribution in [0.4, 0.5) is 0 Å². The fourth-order valence-corrected chi connectivity index (χ4v) is 4.38. The largest absolute Gasteiger partial charge is 0.497 e. The maximum absolute atomic E-state index is 12.6. The predicted molar refractivity (Wildman–Crippen MR) is 117 cm³/mol. The van der Waals surface area contributed by atoms with Gasteiger partial charge in [0.25, 0.3) is 0 Å². The average molecular weight is 448 g/mol. The molecule has 31 heavy (non-hydrogen) atoms. The second-order valence-electron chi connectivity index (χ2n) is 7.42. The molecular weight excluding hydrogens is 418 g/mol. The Morgan fingerprint density at radius 1 is 1.06 bits per heavy atom. The third-order valence-corrected chi connectivity index (χ3v) is 6.97. The van der Waals surface area contributed by atoms with Crippen LogP contribution in [0.5, 0.6) is 5.75 Å². The number of ether oxygens (including phenoxy) is 2. The SMILES string of the molecule is COc1ccc(S(=O)(=O)N(C)CC(=O)NCc2ccc(CN3CCOCC3)cc2)cc1. The number of hydrogen-bond acceptors (Lipinski definition) is 6. The molecule has 8 nitrogen and oxygen atoms in total. The first-order valence-corrected chi connectivity index (χ1v) is 11.6. The molecule has 2 aromatic carbocycles. The second kappa shape index (κ2) is 10.7. The number of nitrogens with one attached hydrogen (secondary N) is 1. The third kappa shape index (κ3) is 6.51. The van der Waals surface area contributed by atoms with Crippen molar-refractivity contribution in [1.29, 1.82) is 0 Å². The molecule has 0 bridgehead atoms. The van der Waals surface area contributed by atoms with Gasteiger partial charge in [-0.05, 0) is 35.4 Å². The summed E-state index contributed by atoms with van der Waals surface area (Å²) >= 11 is 0. The van der Waals surface area contributed by atoms with Crippen molar-refractivity contribution in [2.45, 2.75) is 18.0 Å². The van der Waals surface area contributed by atoms with Crippen LogP contribution in [0.3, 0.4) is 0 Å². The van der Waals surface area contributed by atoms with Crippen LogP contribution < -0.4 is 10.1 Å². The number of hydrogen-bond donors (Lipinski definition) is 1. The molecule has 0 aliphatic carbocycles. The van der Waals surface area contributed by atoms with Crippen LogP contribution in [-0.2, 0) is 32.6 Å². The maximum atomic E-state index is 12.6. The molecule has 2 aromatic rings. The summed E-state index contributed by atoms with van der Waals surface area (Å²) in [6.07, 6.45) is 0. The van der Waals surface area contributed by atoms with Crippen molar-refractivity contribution in [3.63, 3.8) is 0 Å². The summed E-state index contributed by atoms with van der Waals surface area (Å²) in [7, 11) is -0.858. The minimum atomic E-state index is -3.76. The lowest BCUT2D eigenvalue weighted by atomic mass is 10.1. The van der Waals surface area contributed by atoms with Crippen molar-refractivity contribution in [2.24, 2.45) is 0 Å². The standard InChI is InChI=1S/C22H29N3O5S/c1-24(31(27,28)21-9-7-20(29-2)8-10-21)17-22(26)23-15-18-3-5-19(6-4-18)16-25-11-13-30-14-12-25/h3-10H,11-17H2,1-2H3,(H,23,26). The van der Waals surface area contributed by atoms with Crippen molar-refractivity contribution in [3.05, 3.63) is 59.7 Å². The first-order valence-electron chi connectivity index (χ1n) is 10.1. The van der Waals surface area contributed by atoms with Crippen LogP contribution in [0.1, 0.15) is 11.1 Å². The van der Waals surface area contributed by atoms with Gasteiger partial charge in [-0.2, -0.15) is 4.31 Å². The summed E-state index contributed by atoms with van der Waals surface area (Å²) in [4.78, 5) is 14.7. The highest BCUT2D eigenvalue weighted by molar-refractivity contribution is 7.89. The first-order chi connectivity index (χ1) is 14.9. The van der Waals surface area contributed by atoms with Crippen molar-refractivity contribution >= 4 is 15.9 Å². The summed E-state index contributed by atoms with van der Waals surface area (Å²) < 4.78 is 36.7. The number of methoxy groups -OCH3 is 1. The summed E-state index contributed by atoms with van der Waals surface area (Å²) in [5.74, 6) is 0.201. The van der Waals surface area contributed by atoms with E-state index < -0.39 is 10.0 Å². The Morgan fingerprint density at radius 3 is 2.29 bits per heavy atom. The van der Waals surface area contributed by atoms with E-state index in [1.165, 1.54) is 31.9 Å². The number of sulfonamides is 1. The molecule has 3 rings (SSSR count). The molecule has 1 fully saturated rings. The smallest absolute Gasteiger partial charge is 0.243 e. The molecule has 0 spiro atoms. The lowest BCUT2D eigenvalue weighted by Crippen LogP contribution is -2.38. The number of amides is 1. The molecule has 1 N–H and O–H groups in total. The summed E-state index contributed by atoms with van der Waals surface area (Å²) in [6.45, 7) is 4.37. The van der Waals surface area contributed by atoms with Crippen LogP contribution >= 0.6 is 0 Å². The molecule has 1 amide bonds. The van der Waals surface area contributed by atoms with Gasteiger partial charge in [0, 0.05) is 33.2 Å². The highest BCUT2D eigenvalue weighted by Crippen LogP contribution is 2.18. The molecular formula is C22H29N3O5S. The van der Waals surface area contributed by atoms with Gasteiger partial charge in [0.05, 0.1) is 31.8 Å². The van der Waals surface area contributed by atoms with Crippen molar-refractivity contribution < 1.29 is 22.7 Å². The normalized spacial score (nSPS) is 15.1. The molecule has 1 aliphatic heterocycles. The van der Waals surface area contributed by atoms with E-state index in [0.29, 0.717) is 12.3 Å². The molecule has 0 radical (unpaired) electrons. The van der Waals surface area contributed by atoms with Crippen LogP contribution in [0.15, 0.2) is 53.4 Å². The van der Waals surface area contributed by atoms with E-state index >= 15 is 0 Å². The monoisotopic (exact) mass is 447 g/mol. The Balaban J connectivity index is 1.48. The van der Waals surface area contributed by atoms with Gasteiger partial charge in [-0.3, -0.25) is 9.69 Å². The van der Waals surface area contributed by atoms with Crippen LogP contribution in [-0.4, -0.2) is 70.5 Å². The van der Waals surface area contributed by atoms with E-state index in [4.69, 9.17) is 9.47 Å². The van der Waals surface area contributed by atoms with Crippen molar-refractivity contribution in [1.82, 2.24) is 14.5 Å². The van der Waals surface area contributed by atoms with Gasteiger partial charge in [-0.15, -0.1) is 0 Å². The van der Waals surface area contributed by atoms with Crippen LogP contribution in [0.25, 0.3) is 0 Å². The quantitative estimate of drug-likeness (QED) is 0.626. The fourth-order valence-electron chi connectivity index (χ4n) is 3.25. The van der Waals surface area contributed by atoms with Crippen molar-refractivity contribution in [2.75, 3.05) is 47.0 Å². The highest BCUT2D eigenvalue weighted by Gasteiger charge is 2.23. The molecule has 0 saturated carbocycles. The van der Waals surface area contributed by atoms with Gasteiger partial charge < -0.3 is 14.8 Å². The van der Waals surface area contributed by atoms with E-state index in [-0.39, 0.29) is 17.3 Å². The summed E-state index contributed by atoms with van der Waals surface area (Å²) in [5, 5.41) is 2.78. The number of likely N-dealkylation sites (N-methyl/N-ethyl adjacent to an activating group) is 1. The van der Waals surface area contributed by atoms with E-state index in [2.05, 4.69) is 22.3 Å². The highest BCUT2D eigenvalue weighted by atomic mass is 32.2. The number of rotatable bonds is 9. The number of carbonyl (C=O) groups is 1. The first kappa shape index (κ1) is 23.2. The predicted octanol–water partition coefficient (Wildman–Crippen LogP) is 1.46. The number of nitrogens with zero attached hydrogens (tertiary/aromatic N) is 2. The molecule has 0 unspecified atom stereocenters. The Labute approximate surface area is 183 Å². The lowest BCUT2D eigenvalue weighted by Gasteiger charge is -2.26. The molecule has 0 atom stereocenters. The molecule has 1 aliphatic rings. The second-order valence-corrected chi connectivity index (χ2v) is 9.46. The van der Waals surface area contributed by atoms with Crippen LogP contribution in [0.2, 0.25) is 0 Å². The molecule has 1 heterocycles. The average Bonchev–Trinajstić information content (AvgIpc) is 2.79. The zero-order valence-corrected chi connectivity index (χ0v) is 18.7. The number of carbonyl (C=O) groups excluding carboxylic acids is 1. The van der Waals surface area contributed by atoms with Gasteiger partial charge >= 0.3 is 0 Å². The number of benzene rings is 2. The van der Waals surface area contributed by atoms with E-state index in [1.807, 2.05) is 12.1 Å². The van der Waals surface area contributed by atoms with E-state index in [9.17, 15) is 13.2 Å². The fraction of sp³-hybridized carbons (Fsp3) is 0.409. The minimum absolute atomic E-state index is 0.111.